The van der Waals surface area contributed by atoms with Crippen molar-refractivity contribution in [1.82, 2.24) is 47.9 Å². The number of carboxylic acid groups (broad SMARTS) is 2. The largest absolute Gasteiger partial charge is 0.508 e. The summed E-state index contributed by atoms with van der Waals surface area (Å²) in [5, 5.41) is 50.2. The zero-order valence-corrected chi connectivity index (χ0v) is 44.8. The van der Waals surface area contributed by atoms with E-state index < -0.39 is 159 Å². The molecule has 30 heteroatoms. The number of unbranched alkanes of at least 4 members (excludes halogenated alkanes) is 2. The molecule has 0 bridgehead atoms. The number of carbonyl (C=O) groups excluding carboxylic acids is 11. The molecule has 1 aromatic rings. The second-order valence-corrected chi connectivity index (χ2v) is 19.6. The van der Waals surface area contributed by atoms with Gasteiger partial charge in [-0.2, -0.15) is 0 Å². The monoisotopic (exact) mass is 1120 g/mol. The van der Waals surface area contributed by atoms with Gasteiger partial charge in [0.25, 0.3) is 0 Å². The maximum Gasteiger partial charge on any atom is 0.326 e. The lowest BCUT2D eigenvalue weighted by atomic mass is 10.00. The summed E-state index contributed by atoms with van der Waals surface area (Å²) in [7, 11) is 0. The van der Waals surface area contributed by atoms with Crippen molar-refractivity contribution < 1.29 is 77.6 Å². The van der Waals surface area contributed by atoms with Crippen LogP contribution in [0.15, 0.2) is 24.3 Å². The summed E-state index contributed by atoms with van der Waals surface area (Å²) >= 11 is 0.832. The van der Waals surface area contributed by atoms with Gasteiger partial charge < -0.3 is 86.1 Å². The van der Waals surface area contributed by atoms with Gasteiger partial charge in [-0.05, 0) is 94.5 Å². The van der Waals surface area contributed by atoms with Gasteiger partial charge in [-0.3, -0.25) is 57.5 Å². The van der Waals surface area contributed by atoms with Gasteiger partial charge in [0.15, 0.2) is 5.12 Å². The van der Waals surface area contributed by atoms with Crippen LogP contribution in [0.1, 0.15) is 97.0 Å². The van der Waals surface area contributed by atoms with Gasteiger partial charge in [-0.1, -0.05) is 37.7 Å². The minimum absolute atomic E-state index is 0.00841. The number of benzene rings is 1. The lowest BCUT2D eigenvalue weighted by Crippen LogP contribution is -2.60. The van der Waals surface area contributed by atoms with Crippen molar-refractivity contribution in [3.8, 4) is 5.75 Å². The van der Waals surface area contributed by atoms with Crippen LogP contribution in [0.2, 0.25) is 0 Å². The molecule has 0 unspecified atom stereocenters. The van der Waals surface area contributed by atoms with E-state index in [4.69, 9.17) is 28.0 Å². The van der Waals surface area contributed by atoms with E-state index in [1.54, 1.807) is 13.8 Å². The molecule has 0 heterocycles. The summed E-state index contributed by atoms with van der Waals surface area (Å²) < 4.78 is 0. The first kappa shape index (κ1) is 68.6. The van der Waals surface area contributed by atoms with E-state index in [1.165, 1.54) is 31.2 Å². The first-order chi connectivity index (χ1) is 36.8. The highest BCUT2D eigenvalue weighted by Crippen LogP contribution is 2.14. The number of phenols is 1. The molecule has 0 spiro atoms. The minimum atomic E-state index is -1.68. The van der Waals surface area contributed by atoms with Crippen LogP contribution in [-0.2, 0) is 68.7 Å². The summed E-state index contributed by atoms with van der Waals surface area (Å²) in [5.41, 5.74) is 22.9. The van der Waals surface area contributed by atoms with Crippen LogP contribution < -0.4 is 70.8 Å². The van der Waals surface area contributed by atoms with Crippen LogP contribution in [0.4, 0.5) is 0 Å². The topological polar surface area (TPSA) is 495 Å². The number of hydrogen-bond donors (Lipinski definition) is 16. The number of hydrogen-bond acceptors (Lipinski definition) is 18. The van der Waals surface area contributed by atoms with E-state index in [1.807, 2.05) is 0 Å². The first-order valence-corrected chi connectivity index (χ1v) is 26.2. The maximum absolute atomic E-state index is 14.4. The number of carboxylic acids is 2. The molecule has 0 aliphatic heterocycles. The molecule has 0 saturated carbocycles. The Morgan fingerprint density at radius 3 is 1.46 bits per heavy atom. The summed E-state index contributed by atoms with van der Waals surface area (Å²) in [5.74, 6) is -12.0. The van der Waals surface area contributed by atoms with Crippen LogP contribution in [-0.4, -0.2) is 172 Å². The Bertz CT molecular complexity index is 2220. The van der Waals surface area contributed by atoms with Gasteiger partial charge >= 0.3 is 11.9 Å². The Hall–Kier alpha value is -7.44. The number of carbonyl (C=O) groups is 13. The normalized spacial score (nSPS) is 13.6. The minimum Gasteiger partial charge on any atom is -0.508 e. The van der Waals surface area contributed by atoms with E-state index >= 15 is 0 Å². The molecule has 436 valence electrons. The lowest BCUT2D eigenvalue weighted by Gasteiger charge is -2.28. The molecule has 78 heavy (non-hydrogen) atoms. The van der Waals surface area contributed by atoms with Crippen molar-refractivity contribution in [2.24, 2.45) is 28.9 Å². The molecule has 29 nitrogen and oxygen atoms in total. The third-order valence-corrected chi connectivity index (χ3v) is 12.2. The molecule has 20 N–H and O–H groups in total. The zero-order chi connectivity index (χ0) is 58.9. The fourth-order valence-electron chi connectivity index (χ4n) is 7.05. The smallest absolute Gasteiger partial charge is 0.326 e. The molecule has 1 rings (SSSR count). The number of nitrogens with two attached hydrogens (primary N) is 4. The third kappa shape index (κ3) is 29.8. The number of nitrogens with one attached hydrogen (secondary N) is 9. The molecule has 0 aromatic heterocycles. The van der Waals surface area contributed by atoms with Crippen LogP contribution in [0.5, 0.6) is 5.75 Å². The molecular weight excluding hydrogens is 1050 g/mol. The van der Waals surface area contributed by atoms with Gasteiger partial charge in [0.2, 0.25) is 59.1 Å². The van der Waals surface area contributed by atoms with Gasteiger partial charge in [-0.25, -0.2) is 4.79 Å². The number of aromatic hydroxyl groups is 1. The molecular formula is C48H77N13O16S. The molecule has 0 radical (unpaired) electrons. The van der Waals surface area contributed by atoms with E-state index in [0.717, 1.165) is 11.8 Å². The van der Waals surface area contributed by atoms with Crippen molar-refractivity contribution >= 4 is 87.9 Å². The number of amides is 10. The predicted molar refractivity (Wildman–Crippen MR) is 282 cm³/mol. The van der Waals surface area contributed by atoms with Crippen LogP contribution >= 0.6 is 11.8 Å². The maximum atomic E-state index is 14.4. The quantitative estimate of drug-likeness (QED) is 0.0276. The number of aliphatic carboxylic acids is 2. The fourth-order valence-corrected chi connectivity index (χ4v) is 7.62. The lowest BCUT2D eigenvalue weighted by molar-refractivity contribution is -0.143. The van der Waals surface area contributed by atoms with Crippen LogP contribution in [0.3, 0.4) is 0 Å². The highest BCUT2D eigenvalue weighted by atomic mass is 32.2. The van der Waals surface area contributed by atoms with Crippen molar-refractivity contribution in [2.75, 3.05) is 38.5 Å². The average molecular weight is 1120 g/mol. The van der Waals surface area contributed by atoms with Gasteiger partial charge in [0, 0.05) is 31.9 Å². The number of rotatable bonds is 39. The van der Waals surface area contributed by atoms with Crippen molar-refractivity contribution in [3.63, 3.8) is 0 Å². The van der Waals surface area contributed by atoms with E-state index in [2.05, 4.69) is 47.9 Å². The number of primary amides is 1. The van der Waals surface area contributed by atoms with Gasteiger partial charge in [-0.15, -0.1) is 0 Å². The van der Waals surface area contributed by atoms with Crippen molar-refractivity contribution in [1.29, 1.82) is 0 Å². The van der Waals surface area contributed by atoms with Crippen molar-refractivity contribution in [3.05, 3.63) is 29.8 Å². The SMILES string of the molecule is CC(=O)SC[C@H](N)C(=O)NCC(=O)NCC(=O)NCC(=O)N[C@@H](CCCCN)C(=O)N[C@@H](Cc1ccc(O)cc1)C(=O)N[C@@H](CCCCN)C(=O)N[C@@H](CC(C)C)C(=O)N[C@@H](CCC(N)=O)C(=O)N[C@@H](CCC(=O)O)C(=O)O. The summed E-state index contributed by atoms with van der Waals surface area (Å²) in [4.78, 5) is 166. The third-order valence-electron chi connectivity index (χ3n) is 11.2. The van der Waals surface area contributed by atoms with E-state index in [0.29, 0.717) is 24.8 Å². The predicted octanol–water partition coefficient (Wildman–Crippen LogP) is -4.68. The summed E-state index contributed by atoms with van der Waals surface area (Å²) in [6.07, 6.45) is -0.864. The molecule has 10 amide bonds. The molecule has 0 saturated heterocycles. The Labute approximate surface area is 455 Å². The van der Waals surface area contributed by atoms with E-state index in [-0.39, 0.29) is 67.7 Å². The second-order valence-electron chi connectivity index (χ2n) is 18.5. The molecule has 0 aliphatic rings. The Balaban J connectivity index is 3.38. The Morgan fingerprint density at radius 1 is 0.538 bits per heavy atom. The Kier molecular flexibility index (Phi) is 32.8. The molecule has 0 aliphatic carbocycles. The standard InChI is InChI=1S/C48H77N13O16S/c1-26(2)20-35(46(74)58-33(14-16-37(52)64)45(73)59-34(48(76)77)15-17-41(68)69)60-44(72)32(9-5-7-19-50)57-47(75)36(21-28-10-12-29(63)13-11-28)61-43(71)31(8-4-6-18-49)56-40(67)24-54-38(65)22-53-39(66)23-55-42(70)30(51)25-78-27(3)62/h10-13,26,30-36,63H,4-9,14-25,49-51H2,1-3H3,(H2,52,64)(H,53,66)(H,54,65)(H,55,70)(H,56,67)(H,57,75)(H,58,74)(H,59,73)(H,60,72)(H,61,71)(H,68,69)(H,76,77)/t30-,31-,32-,33-,34-,35-,36-/m0/s1. The van der Waals surface area contributed by atoms with Crippen molar-refractivity contribution in [2.45, 2.75) is 140 Å². The Morgan fingerprint density at radius 2 is 0.974 bits per heavy atom. The number of phenolic OH excluding ortho intramolecular Hbond substituents is 1. The highest BCUT2D eigenvalue weighted by Gasteiger charge is 2.34. The van der Waals surface area contributed by atoms with Gasteiger partial charge in [0.05, 0.1) is 25.7 Å². The molecule has 7 atom stereocenters. The van der Waals surface area contributed by atoms with E-state index in [9.17, 15) is 72.5 Å². The summed E-state index contributed by atoms with van der Waals surface area (Å²) in [6, 6.07) is -4.28. The number of thioether (sulfide) groups is 1. The summed E-state index contributed by atoms with van der Waals surface area (Å²) in [6.45, 7) is 3.36. The molecule has 0 fully saturated rings. The molecule has 1 aromatic carbocycles. The van der Waals surface area contributed by atoms with Crippen LogP contribution in [0, 0.1) is 5.92 Å². The second kappa shape index (κ2) is 37.4. The van der Waals surface area contributed by atoms with Crippen LogP contribution in [0.25, 0.3) is 0 Å². The van der Waals surface area contributed by atoms with Gasteiger partial charge in [0.1, 0.15) is 42.0 Å². The first-order valence-electron chi connectivity index (χ1n) is 25.2. The average Bonchev–Trinajstić information content (AvgIpc) is 3.37. The zero-order valence-electron chi connectivity index (χ0n) is 44.0. The highest BCUT2D eigenvalue weighted by molar-refractivity contribution is 8.13. The fraction of sp³-hybridized carbons (Fsp3) is 0.604.